The molecule has 1 spiro atoms. The maximum Gasteiger partial charge on any atom is 0.320 e. The third kappa shape index (κ3) is 2.35. The molecular weight excluding hydrogens is 246 g/mol. The van der Waals surface area contributed by atoms with E-state index in [2.05, 4.69) is 29.4 Å². The van der Waals surface area contributed by atoms with E-state index >= 15 is 0 Å². The summed E-state index contributed by atoms with van der Waals surface area (Å²) in [6.45, 7) is 7.69. The number of piperazine rings is 1. The van der Waals surface area contributed by atoms with Gasteiger partial charge in [0.15, 0.2) is 0 Å². The molecule has 102 valence electrons. The molecule has 2 aliphatic heterocycles. The van der Waals surface area contributed by atoms with Crippen LogP contribution in [0.1, 0.15) is 26.2 Å². The lowest BCUT2D eigenvalue weighted by Gasteiger charge is -2.38. The minimum absolute atomic E-state index is 0.269. The second-order valence-electron chi connectivity index (χ2n) is 6.11. The van der Waals surface area contributed by atoms with Crippen LogP contribution in [0.15, 0.2) is 0 Å². The van der Waals surface area contributed by atoms with Gasteiger partial charge >= 0.3 is 6.03 Å². The zero-order valence-electron chi connectivity index (χ0n) is 11.1. The molecule has 2 saturated heterocycles. The Hall–Kier alpha value is -0.420. The van der Waals surface area contributed by atoms with Gasteiger partial charge in [0.1, 0.15) is 0 Å². The summed E-state index contributed by atoms with van der Waals surface area (Å²) in [5.41, 5.74) is 0.539. The van der Waals surface area contributed by atoms with E-state index in [-0.39, 0.29) is 6.03 Å². The molecule has 0 bridgehead atoms. The summed E-state index contributed by atoms with van der Waals surface area (Å²) < 4.78 is 0. The molecule has 1 atom stereocenters. The number of hydrogen-bond donors (Lipinski definition) is 1. The summed E-state index contributed by atoms with van der Waals surface area (Å²) in [6.07, 6.45) is 3.90. The summed E-state index contributed by atoms with van der Waals surface area (Å²) in [5.74, 6) is 0. The fraction of sp³-hybridized carbons (Fsp3) is 0.923. The van der Waals surface area contributed by atoms with Crippen molar-refractivity contribution in [1.82, 2.24) is 14.7 Å². The average molecular weight is 269 g/mol. The summed E-state index contributed by atoms with van der Waals surface area (Å²) >= 11 is 4.45. The first-order valence-corrected chi connectivity index (χ1v) is 7.57. The van der Waals surface area contributed by atoms with E-state index < -0.39 is 0 Å². The molecular formula is C13H23N3OS. The first-order chi connectivity index (χ1) is 8.60. The van der Waals surface area contributed by atoms with Crippen molar-refractivity contribution in [2.45, 2.75) is 31.6 Å². The first kappa shape index (κ1) is 12.6. The Morgan fingerprint density at radius 1 is 1.06 bits per heavy atom. The van der Waals surface area contributed by atoms with Gasteiger partial charge in [0.2, 0.25) is 0 Å². The van der Waals surface area contributed by atoms with Gasteiger partial charge in [-0.3, -0.25) is 4.90 Å². The number of thiol groups is 1. The van der Waals surface area contributed by atoms with Gasteiger partial charge < -0.3 is 9.80 Å². The van der Waals surface area contributed by atoms with Crippen molar-refractivity contribution in [3.63, 3.8) is 0 Å². The van der Waals surface area contributed by atoms with E-state index in [0.29, 0.717) is 10.8 Å². The predicted molar refractivity (Wildman–Crippen MR) is 74.8 cm³/mol. The van der Waals surface area contributed by atoms with Crippen LogP contribution in [-0.4, -0.2) is 65.4 Å². The fourth-order valence-corrected chi connectivity index (χ4v) is 3.40. The Morgan fingerprint density at radius 2 is 1.72 bits per heavy atom. The van der Waals surface area contributed by atoms with Crippen LogP contribution in [0.4, 0.5) is 4.79 Å². The molecule has 3 rings (SSSR count). The van der Waals surface area contributed by atoms with Gasteiger partial charge in [-0.05, 0) is 31.6 Å². The summed E-state index contributed by atoms with van der Waals surface area (Å²) in [4.78, 5) is 18.8. The Labute approximate surface area is 115 Å². The third-order valence-electron chi connectivity index (χ3n) is 4.78. The number of urea groups is 1. The van der Waals surface area contributed by atoms with Crippen molar-refractivity contribution in [3.05, 3.63) is 0 Å². The molecule has 1 aliphatic carbocycles. The van der Waals surface area contributed by atoms with Gasteiger partial charge in [-0.2, -0.15) is 12.6 Å². The van der Waals surface area contributed by atoms with E-state index in [1.54, 1.807) is 0 Å². The van der Waals surface area contributed by atoms with Crippen molar-refractivity contribution in [2.75, 3.05) is 39.3 Å². The van der Waals surface area contributed by atoms with Crippen LogP contribution in [0.5, 0.6) is 0 Å². The third-order valence-corrected chi connectivity index (χ3v) is 5.11. The number of amides is 2. The van der Waals surface area contributed by atoms with Gasteiger partial charge in [-0.25, -0.2) is 4.79 Å². The Balaban J connectivity index is 1.52. The van der Waals surface area contributed by atoms with E-state index in [4.69, 9.17) is 0 Å². The Kier molecular flexibility index (Phi) is 3.22. The van der Waals surface area contributed by atoms with Crippen molar-refractivity contribution in [2.24, 2.45) is 5.41 Å². The second kappa shape index (κ2) is 4.60. The minimum atomic E-state index is 0.269. The topological polar surface area (TPSA) is 26.8 Å². The first-order valence-electron chi connectivity index (χ1n) is 7.06. The molecule has 0 aromatic rings. The number of nitrogens with zero attached hydrogens (tertiary/aromatic N) is 3. The fourth-order valence-electron chi connectivity index (χ4n) is 3.17. The highest BCUT2D eigenvalue weighted by atomic mass is 32.1. The monoisotopic (exact) mass is 269 g/mol. The smallest absolute Gasteiger partial charge is 0.320 e. The van der Waals surface area contributed by atoms with Gasteiger partial charge in [0, 0.05) is 39.3 Å². The largest absolute Gasteiger partial charge is 0.324 e. The summed E-state index contributed by atoms with van der Waals surface area (Å²) in [7, 11) is 0. The zero-order chi connectivity index (χ0) is 12.8. The molecule has 0 N–H and O–H groups in total. The Morgan fingerprint density at radius 3 is 2.22 bits per heavy atom. The van der Waals surface area contributed by atoms with Crippen LogP contribution in [0, 0.1) is 5.41 Å². The van der Waals surface area contributed by atoms with E-state index in [9.17, 15) is 4.79 Å². The highest BCUT2D eigenvalue weighted by molar-refractivity contribution is 7.80. The predicted octanol–water partition coefficient (Wildman–Crippen LogP) is 1.49. The van der Waals surface area contributed by atoms with Crippen LogP contribution in [0.3, 0.4) is 0 Å². The number of likely N-dealkylation sites (tertiary alicyclic amines) is 1. The summed E-state index contributed by atoms with van der Waals surface area (Å²) in [5, 5.41) is 0.295. The molecule has 0 radical (unpaired) electrons. The van der Waals surface area contributed by atoms with Gasteiger partial charge in [-0.1, -0.05) is 0 Å². The van der Waals surface area contributed by atoms with Crippen molar-refractivity contribution < 1.29 is 4.79 Å². The standard InChI is InChI=1S/C13H23N3OS/c1-11(18)14-6-8-15(9-7-14)12(17)16-5-4-13(10-16)2-3-13/h11,18H,2-10H2,1H3. The molecule has 18 heavy (non-hydrogen) atoms. The number of carbonyl (C=O) groups excluding carboxylic acids is 1. The normalized spacial score (nSPS) is 28.8. The highest BCUT2D eigenvalue weighted by Gasteiger charge is 2.49. The number of hydrogen-bond acceptors (Lipinski definition) is 3. The lowest BCUT2D eigenvalue weighted by Crippen LogP contribution is -2.53. The molecule has 3 aliphatic rings. The van der Waals surface area contributed by atoms with E-state index in [1.165, 1.54) is 19.3 Å². The molecule has 0 aromatic carbocycles. The maximum absolute atomic E-state index is 12.4. The van der Waals surface area contributed by atoms with Crippen LogP contribution >= 0.6 is 12.6 Å². The van der Waals surface area contributed by atoms with E-state index in [0.717, 1.165) is 39.3 Å². The lowest BCUT2D eigenvalue weighted by atomic mass is 10.1. The number of carbonyl (C=O) groups is 1. The van der Waals surface area contributed by atoms with Gasteiger partial charge in [0.05, 0.1) is 5.37 Å². The number of rotatable bonds is 1. The van der Waals surface area contributed by atoms with Crippen molar-refractivity contribution in [3.8, 4) is 0 Å². The van der Waals surface area contributed by atoms with Gasteiger partial charge in [0.25, 0.3) is 0 Å². The lowest BCUT2D eigenvalue weighted by molar-refractivity contribution is 0.115. The van der Waals surface area contributed by atoms with Crippen LogP contribution in [0.2, 0.25) is 0 Å². The summed E-state index contributed by atoms with van der Waals surface area (Å²) in [6, 6.07) is 0.269. The molecule has 3 fully saturated rings. The van der Waals surface area contributed by atoms with Crippen molar-refractivity contribution in [1.29, 1.82) is 0 Å². The van der Waals surface area contributed by atoms with Crippen LogP contribution in [-0.2, 0) is 0 Å². The molecule has 1 saturated carbocycles. The SMILES string of the molecule is CC(S)N1CCN(C(=O)N2CCC3(CC3)C2)CC1. The quantitative estimate of drug-likeness (QED) is 0.730. The maximum atomic E-state index is 12.4. The van der Waals surface area contributed by atoms with Crippen molar-refractivity contribution >= 4 is 18.7 Å². The molecule has 0 aromatic heterocycles. The van der Waals surface area contributed by atoms with Gasteiger partial charge in [-0.15, -0.1) is 0 Å². The molecule has 2 heterocycles. The molecule has 5 heteroatoms. The Bertz CT molecular complexity index is 335. The average Bonchev–Trinajstić information content (AvgIpc) is 2.99. The van der Waals surface area contributed by atoms with Crippen LogP contribution < -0.4 is 0 Å². The molecule has 4 nitrogen and oxygen atoms in total. The zero-order valence-corrected chi connectivity index (χ0v) is 12.0. The minimum Gasteiger partial charge on any atom is -0.324 e. The van der Waals surface area contributed by atoms with E-state index in [1.807, 2.05) is 4.90 Å². The second-order valence-corrected chi connectivity index (χ2v) is 6.86. The highest BCUT2D eigenvalue weighted by Crippen LogP contribution is 2.52. The molecule has 1 unspecified atom stereocenters. The van der Waals surface area contributed by atoms with Crippen LogP contribution in [0.25, 0.3) is 0 Å². The molecule has 2 amide bonds.